The number of ether oxygens (including phenoxy) is 1. The molecule has 0 bridgehead atoms. The molecule has 0 saturated carbocycles. The van der Waals surface area contributed by atoms with Crippen LogP contribution in [0.25, 0.3) is 0 Å². The summed E-state index contributed by atoms with van der Waals surface area (Å²) in [5.74, 6) is 1.11. The van der Waals surface area contributed by atoms with E-state index >= 15 is 0 Å². The van der Waals surface area contributed by atoms with Crippen LogP contribution in [-0.2, 0) is 0 Å². The van der Waals surface area contributed by atoms with Gasteiger partial charge in [0.2, 0.25) is 0 Å². The van der Waals surface area contributed by atoms with Crippen LogP contribution in [0.5, 0.6) is 5.75 Å². The fraction of sp³-hybridized carbons (Fsp3) is 0.429. The van der Waals surface area contributed by atoms with Crippen LogP contribution in [0.4, 0.5) is 0 Å². The quantitative estimate of drug-likeness (QED) is 0.730. The first-order valence-electron chi connectivity index (χ1n) is 5.68. The van der Waals surface area contributed by atoms with Crippen molar-refractivity contribution in [3.05, 3.63) is 29.3 Å². The first-order valence-corrected chi connectivity index (χ1v) is 5.68. The van der Waals surface area contributed by atoms with Crippen molar-refractivity contribution in [3.63, 3.8) is 0 Å². The molecular formula is C14H17NO2. The van der Waals surface area contributed by atoms with Gasteiger partial charge >= 0.3 is 0 Å². The molecule has 0 N–H and O–H groups in total. The predicted octanol–water partition coefficient (Wildman–Crippen LogP) is 3.31. The van der Waals surface area contributed by atoms with E-state index in [1.807, 2.05) is 18.2 Å². The second-order valence-corrected chi connectivity index (χ2v) is 4.19. The Morgan fingerprint density at radius 1 is 1.47 bits per heavy atom. The van der Waals surface area contributed by atoms with E-state index in [1.165, 1.54) is 0 Å². The van der Waals surface area contributed by atoms with Gasteiger partial charge in [-0.05, 0) is 29.7 Å². The van der Waals surface area contributed by atoms with Crippen LogP contribution in [0.15, 0.2) is 18.2 Å². The van der Waals surface area contributed by atoms with Gasteiger partial charge in [-0.15, -0.1) is 0 Å². The van der Waals surface area contributed by atoms with E-state index in [0.29, 0.717) is 11.5 Å². The summed E-state index contributed by atoms with van der Waals surface area (Å²) in [6, 6.07) is 7.42. The summed E-state index contributed by atoms with van der Waals surface area (Å²) in [5.41, 5.74) is 1.68. The highest BCUT2D eigenvalue weighted by Crippen LogP contribution is 2.27. The largest absolute Gasteiger partial charge is 0.496 e. The molecule has 0 aliphatic heterocycles. The zero-order valence-electron chi connectivity index (χ0n) is 10.5. The van der Waals surface area contributed by atoms with E-state index in [2.05, 4.69) is 13.8 Å². The van der Waals surface area contributed by atoms with E-state index in [-0.39, 0.29) is 18.6 Å². The topological polar surface area (TPSA) is 50.1 Å². The number of hydrogen-bond donors (Lipinski definition) is 0. The molecule has 1 aromatic carbocycles. The fourth-order valence-corrected chi connectivity index (χ4v) is 1.67. The maximum Gasteiger partial charge on any atom is 0.163 e. The molecule has 3 nitrogen and oxygen atoms in total. The number of hydrogen-bond acceptors (Lipinski definition) is 3. The lowest BCUT2D eigenvalue weighted by atomic mass is 9.97. The van der Waals surface area contributed by atoms with Gasteiger partial charge in [0.15, 0.2) is 5.78 Å². The fourth-order valence-electron chi connectivity index (χ4n) is 1.67. The van der Waals surface area contributed by atoms with E-state index in [1.54, 1.807) is 13.2 Å². The van der Waals surface area contributed by atoms with Crippen LogP contribution in [0.2, 0.25) is 0 Å². The Balaban J connectivity index is 3.00. The van der Waals surface area contributed by atoms with Crippen molar-refractivity contribution in [2.75, 3.05) is 7.11 Å². The Labute approximate surface area is 102 Å². The Hall–Kier alpha value is -1.82. The molecule has 3 heteroatoms. The summed E-state index contributed by atoms with van der Waals surface area (Å²) in [7, 11) is 1.62. The Morgan fingerprint density at radius 2 is 2.18 bits per heavy atom. The first-order chi connectivity index (χ1) is 8.10. The number of carbonyl (C=O) groups excluding carboxylic acids is 1. The lowest BCUT2D eigenvalue weighted by molar-refractivity contribution is 0.0984. The second-order valence-electron chi connectivity index (χ2n) is 4.19. The summed E-state index contributed by atoms with van der Waals surface area (Å²) in [6.45, 7) is 4.11. The molecule has 0 atom stereocenters. The van der Waals surface area contributed by atoms with Crippen molar-refractivity contribution < 1.29 is 9.53 Å². The molecule has 0 fully saturated rings. The highest BCUT2D eigenvalue weighted by atomic mass is 16.5. The monoisotopic (exact) mass is 231 g/mol. The van der Waals surface area contributed by atoms with Crippen LogP contribution in [-0.4, -0.2) is 12.9 Å². The molecular weight excluding hydrogens is 214 g/mol. The predicted molar refractivity (Wildman–Crippen MR) is 66.3 cm³/mol. The SMILES string of the molecule is COc1ccc(C(=O)CCC#N)cc1C(C)C. The molecule has 90 valence electrons. The van der Waals surface area contributed by atoms with Crippen molar-refractivity contribution in [3.8, 4) is 11.8 Å². The highest BCUT2D eigenvalue weighted by Gasteiger charge is 2.12. The van der Waals surface area contributed by atoms with Gasteiger partial charge in [0.05, 0.1) is 13.2 Å². The molecule has 0 aliphatic carbocycles. The third-order valence-corrected chi connectivity index (χ3v) is 2.64. The summed E-state index contributed by atoms with van der Waals surface area (Å²) in [5, 5.41) is 8.46. The summed E-state index contributed by atoms with van der Waals surface area (Å²) >= 11 is 0. The molecule has 1 rings (SSSR count). The summed E-state index contributed by atoms with van der Waals surface area (Å²) in [6.07, 6.45) is 0.544. The number of rotatable bonds is 5. The Kier molecular flexibility index (Phi) is 4.71. The van der Waals surface area contributed by atoms with Crippen LogP contribution >= 0.6 is 0 Å². The zero-order chi connectivity index (χ0) is 12.8. The molecule has 0 aliphatic rings. The molecule has 17 heavy (non-hydrogen) atoms. The van der Waals surface area contributed by atoms with Gasteiger partial charge < -0.3 is 4.74 Å². The maximum absolute atomic E-state index is 11.8. The summed E-state index contributed by atoms with van der Waals surface area (Å²) < 4.78 is 5.26. The molecule has 0 amide bonds. The van der Waals surface area contributed by atoms with E-state index in [9.17, 15) is 4.79 Å². The molecule has 0 saturated heterocycles. The van der Waals surface area contributed by atoms with Crippen molar-refractivity contribution in [2.24, 2.45) is 0 Å². The Bertz CT molecular complexity index is 444. The summed E-state index contributed by atoms with van der Waals surface area (Å²) in [4.78, 5) is 11.8. The molecule has 0 heterocycles. The third kappa shape index (κ3) is 3.32. The average Bonchev–Trinajstić information content (AvgIpc) is 2.34. The minimum atomic E-state index is 0.0103. The van der Waals surface area contributed by atoms with Gasteiger partial charge in [-0.2, -0.15) is 5.26 Å². The highest BCUT2D eigenvalue weighted by molar-refractivity contribution is 5.96. The zero-order valence-corrected chi connectivity index (χ0v) is 10.5. The molecule has 0 aromatic heterocycles. The lowest BCUT2D eigenvalue weighted by Gasteiger charge is -2.12. The van der Waals surface area contributed by atoms with Gasteiger partial charge in [-0.25, -0.2) is 0 Å². The third-order valence-electron chi connectivity index (χ3n) is 2.64. The average molecular weight is 231 g/mol. The van der Waals surface area contributed by atoms with Crippen molar-refractivity contribution in [1.82, 2.24) is 0 Å². The lowest BCUT2D eigenvalue weighted by Crippen LogP contribution is -2.02. The van der Waals surface area contributed by atoms with Crippen LogP contribution in [0.1, 0.15) is 48.5 Å². The number of carbonyl (C=O) groups is 1. The number of Topliss-reactive ketones (excluding diaryl/α,β-unsaturated/α-hetero) is 1. The standard InChI is InChI=1S/C14H17NO2/c1-10(2)12-9-11(6-7-14(12)17-3)13(16)5-4-8-15/h6-7,9-10H,4-5H2,1-3H3. The van der Waals surface area contributed by atoms with Gasteiger partial charge in [-0.3, -0.25) is 4.79 Å². The number of methoxy groups -OCH3 is 1. The van der Waals surface area contributed by atoms with Gasteiger partial charge in [0.1, 0.15) is 5.75 Å². The van der Waals surface area contributed by atoms with Crippen molar-refractivity contribution >= 4 is 5.78 Å². The minimum absolute atomic E-state index is 0.0103. The van der Waals surface area contributed by atoms with Gasteiger partial charge in [0.25, 0.3) is 0 Å². The van der Waals surface area contributed by atoms with Crippen LogP contribution < -0.4 is 4.74 Å². The normalized spacial score (nSPS) is 10.1. The first kappa shape index (κ1) is 13.2. The van der Waals surface area contributed by atoms with Crippen LogP contribution in [0, 0.1) is 11.3 Å². The molecule has 0 spiro atoms. The second kappa shape index (κ2) is 6.05. The van der Waals surface area contributed by atoms with Crippen molar-refractivity contribution in [2.45, 2.75) is 32.6 Å². The Morgan fingerprint density at radius 3 is 2.71 bits per heavy atom. The molecule has 0 radical (unpaired) electrons. The number of nitrogens with zero attached hydrogens (tertiary/aromatic N) is 1. The van der Waals surface area contributed by atoms with Crippen molar-refractivity contribution in [1.29, 1.82) is 5.26 Å². The van der Waals surface area contributed by atoms with E-state index in [0.717, 1.165) is 11.3 Å². The van der Waals surface area contributed by atoms with E-state index in [4.69, 9.17) is 10.00 Å². The number of benzene rings is 1. The molecule has 1 aromatic rings. The number of nitriles is 1. The number of ketones is 1. The van der Waals surface area contributed by atoms with Crippen LogP contribution in [0.3, 0.4) is 0 Å². The minimum Gasteiger partial charge on any atom is -0.496 e. The maximum atomic E-state index is 11.8. The smallest absolute Gasteiger partial charge is 0.163 e. The van der Waals surface area contributed by atoms with E-state index < -0.39 is 0 Å². The van der Waals surface area contributed by atoms with Gasteiger partial charge in [-0.1, -0.05) is 13.8 Å². The molecule has 0 unspecified atom stereocenters. The van der Waals surface area contributed by atoms with Gasteiger partial charge in [0, 0.05) is 18.4 Å².